The van der Waals surface area contributed by atoms with E-state index in [1.807, 2.05) is 36.4 Å². The largest absolute Gasteiger partial charge is 0.251 e. The molecule has 21 heavy (non-hydrogen) atoms. The van der Waals surface area contributed by atoms with Gasteiger partial charge >= 0.3 is 0 Å². The lowest BCUT2D eigenvalue weighted by Crippen LogP contribution is -2.22. The topological polar surface area (TPSA) is 59.1 Å². The second kappa shape index (κ2) is 5.73. The van der Waals surface area contributed by atoms with Gasteiger partial charge in [-0.2, -0.15) is 0 Å². The number of aromatic nitrogens is 1. The zero-order valence-corrected chi connectivity index (χ0v) is 13.2. The van der Waals surface area contributed by atoms with E-state index in [4.69, 9.17) is 11.6 Å². The highest BCUT2D eigenvalue weighted by molar-refractivity contribution is 7.91. The third-order valence-corrected chi connectivity index (χ3v) is 6.04. The molecule has 0 unspecified atom stereocenters. The number of sulfonamides is 1. The zero-order valence-electron chi connectivity index (χ0n) is 10.8. The summed E-state index contributed by atoms with van der Waals surface area (Å²) in [5, 5.41) is 1.02. The number of hydrogen-bond acceptors (Lipinski definition) is 4. The summed E-state index contributed by atoms with van der Waals surface area (Å²) in [4.78, 5) is 4.43. The molecule has 0 aliphatic heterocycles. The molecule has 0 bridgehead atoms. The molecule has 4 nitrogen and oxygen atoms in total. The summed E-state index contributed by atoms with van der Waals surface area (Å²) in [5.74, 6) is 0. The average molecular weight is 339 g/mol. The Kier molecular flexibility index (Phi) is 3.95. The molecule has 0 aliphatic carbocycles. The highest BCUT2D eigenvalue weighted by atomic mass is 35.5. The van der Waals surface area contributed by atoms with Gasteiger partial charge in [0, 0.05) is 5.39 Å². The Morgan fingerprint density at radius 3 is 2.67 bits per heavy atom. The number of rotatable bonds is 4. The molecule has 0 saturated heterocycles. The van der Waals surface area contributed by atoms with Crippen LogP contribution in [0.1, 0.15) is 5.69 Å². The van der Waals surface area contributed by atoms with Crippen molar-refractivity contribution < 1.29 is 8.42 Å². The molecular formula is C14H11ClN2O2S2. The first-order valence-corrected chi connectivity index (χ1v) is 8.82. The van der Waals surface area contributed by atoms with Gasteiger partial charge in [0.15, 0.2) is 0 Å². The summed E-state index contributed by atoms with van der Waals surface area (Å²) in [6.45, 7) is 0.142. The van der Waals surface area contributed by atoms with Crippen LogP contribution in [-0.4, -0.2) is 13.4 Å². The van der Waals surface area contributed by atoms with Crippen molar-refractivity contribution in [3.63, 3.8) is 0 Å². The molecule has 7 heteroatoms. The van der Waals surface area contributed by atoms with Crippen LogP contribution in [0.4, 0.5) is 0 Å². The minimum atomic E-state index is -3.55. The third-order valence-electron chi connectivity index (χ3n) is 2.91. The van der Waals surface area contributed by atoms with Crippen molar-refractivity contribution in [3.8, 4) is 0 Å². The predicted octanol–water partition coefficient (Wildman–Crippen LogP) is 3.43. The molecule has 0 fully saturated rings. The molecule has 0 amide bonds. The van der Waals surface area contributed by atoms with Gasteiger partial charge in [-0.25, -0.2) is 13.1 Å². The van der Waals surface area contributed by atoms with E-state index in [1.54, 1.807) is 6.07 Å². The summed E-state index contributed by atoms with van der Waals surface area (Å²) in [6.07, 6.45) is 0. The molecular weight excluding hydrogens is 328 g/mol. The van der Waals surface area contributed by atoms with Crippen molar-refractivity contribution in [3.05, 3.63) is 58.6 Å². The van der Waals surface area contributed by atoms with Crippen LogP contribution in [0.3, 0.4) is 0 Å². The smallest absolute Gasteiger partial charge is 0.250 e. The first-order valence-electron chi connectivity index (χ1n) is 6.14. The lowest BCUT2D eigenvalue weighted by molar-refractivity contribution is 0.582. The molecule has 108 valence electrons. The fraction of sp³-hybridized carbons (Fsp3) is 0.0714. The monoisotopic (exact) mass is 338 g/mol. The van der Waals surface area contributed by atoms with E-state index in [-0.39, 0.29) is 10.8 Å². The molecule has 2 aromatic heterocycles. The number of benzene rings is 1. The standard InChI is InChI=1S/C14H11ClN2O2S2/c15-13-7-8-14(20-13)21(18,19)16-9-11-6-5-10-3-1-2-4-12(10)17-11/h1-8,16H,9H2. The van der Waals surface area contributed by atoms with Gasteiger partial charge < -0.3 is 0 Å². The maximum atomic E-state index is 12.1. The Morgan fingerprint density at radius 2 is 1.90 bits per heavy atom. The highest BCUT2D eigenvalue weighted by Crippen LogP contribution is 2.25. The minimum absolute atomic E-state index is 0.142. The lowest BCUT2D eigenvalue weighted by atomic mass is 10.2. The summed E-state index contributed by atoms with van der Waals surface area (Å²) >= 11 is 6.79. The normalized spacial score (nSPS) is 11.9. The quantitative estimate of drug-likeness (QED) is 0.792. The number of pyridine rings is 1. The molecule has 1 aromatic carbocycles. The number of para-hydroxylation sites is 1. The number of thiophene rings is 1. The van der Waals surface area contributed by atoms with Crippen molar-refractivity contribution in [1.29, 1.82) is 0 Å². The number of hydrogen-bond donors (Lipinski definition) is 1. The Balaban J connectivity index is 1.80. The molecule has 0 radical (unpaired) electrons. The van der Waals surface area contributed by atoms with Gasteiger partial charge in [0.1, 0.15) is 4.21 Å². The van der Waals surface area contributed by atoms with Crippen molar-refractivity contribution in [1.82, 2.24) is 9.71 Å². The fourth-order valence-electron chi connectivity index (χ4n) is 1.89. The Hall–Kier alpha value is -1.47. The van der Waals surface area contributed by atoms with E-state index in [0.717, 1.165) is 22.2 Å². The lowest BCUT2D eigenvalue weighted by Gasteiger charge is -2.05. The van der Waals surface area contributed by atoms with Crippen LogP contribution >= 0.6 is 22.9 Å². The molecule has 0 atom stereocenters. The number of fused-ring (bicyclic) bond motifs is 1. The summed E-state index contributed by atoms with van der Waals surface area (Å²) in [6, 6.07) is 14.5. The Morgan fingerprint density at radius 1 is 1.10 bits per heavy atom. The molecule has 0 spiro atoms. The molecule has 3 rings (SSSR count). The van der Waals surface area contributed by atoms with Gasteiger partial charge in [0.05, 0.1) is 22.1 Å². The second-order valence-electron chi connectivity index (χ2n) is 4.38. The SMILES string of the molecule is O=S(=O)(NCc1ccc2ccccc2n1)c1ccc(Cl)s1. The minimum Gasteiger partial charge on any atom is -0.251 e. The molecule has 1 N–H and O–H groups in total. The number of nitrogens with zero attached hydrogens (tertiary/aromatic N) is 1. The van der Waals surface area contributed by atoms with Crippen LogP contribution in [0.15, 0.2) is 52.7 Å². The van der Waals surface area contributed by atoms with Crippen LogP contribution < -0.4 is 4.72 Å². The Labute approximate surface area is 131 Å². The van der Waals surface area contributed by atoms with Crippen LogP contribution in [0.2, 0.25) is 4.34 Å². The predicted molar refractivity (Wildman–Crippen MR) is 85.1 cm³/mol. The van der Waals surface area contributed by atoms with Gasteiger partial charge in [-0.15, -0.1) is 11.3 Å². The maximum absolute atomic E-state index is 12.1. The van der Waals surface area contributed by atoms with Crippen molar-refractivity contribution in [2.45, 2.75) is 10.8 Å². The van der Waals surface area contributed by atoms with Crippen LogP contribution in [-0.2, 0) is 16.6 Å². The summed E-state index contributed by atoms with van der Waals surface area (Å²) < 4.78 is 27.4. The van der Waals surface area contributed by atoms with Crippen LogP contribution in [0.25, 0.3) is 10.9 Å². The van der Waals surface area contributed by atoms with Gasteiger partial charge in [-0.05, 0) is 24.3 Å². The van der Waals surface area contributed by atoms with Crippen LogP contribution in [0.5, 0.6) is 0 Å². The van der Waals surface area contributed by atoms with E-state index in [0.29, 0.717) is 10.0 Å². The first-order chi connectivity index (χ1) is 10.0. The molecule has 0 saturated carbocycles. The van der Waals surface area contributed by atoms with Crippen molar-refractivity contribution >= 4 is 43.9 Å². The second-order valence-corrected chi connectivity index (χ2v) is 8.09. The van der Waals surface area contributed by atoms with E-state index in [9.17, 15) is 8.42 Å². The number of halogens is 1. The van der Waals surface area contributed by atoms with E-state index < -0.39 is 10.0 Å². The fourth-order valence-corrected chi connectivity index (χ4v) is 4.42. The van der Waals surface area contributed by atoms with Gasteiger partial charge in [0.25, 0.3) is 0 Å². The van der Waals surface area contributed by atoms with Gasteiger partial charge in [-0.3, -0.25) is 4.98 Å². The number of nitrogens with one attached hydrogen (secondary N) is 1. The third kappa shape index (κ3) is 3.24. The van der Waals surface area contributed by atoms with E-state index >= 15 is 0 Å². The van der Waals surface area contributed by atoms with E-state index in [2.05, 4.69) is 9.71 Å². The van der Waals surface area contributed by atoms with Gasteiger partial charge in [-0.1, -0.05) is 35.9 Å². The van der Waals surface area contributed by atoms with Crippen molar-refractivity contribution in [2.24, 2.45) is 0 Å². The zero-order chi connectivity index (χ0) is 14.9. The highest BCUT2D eigenvalue weighted by Gasteiger charge is 2.16. The van der Waals surface area contributed by atoms with Crippen molar-refractivity contribution in [2.75, 3.05) is 0 Å². The van der Waals surface area contributed by atoms with Crippen LogP contribution in [0, 0.1) is 0 Å². The summed E-state index contributed by atoms with van der Waals surface area (Å²) in [5.41, 5.74) is 1.51. The molecule has 3 aromatic rings. The van der Waals surface area contributed by atoms with E-state index in [1.165, 1.54) is 6.07 Å². The molecule has 0 aliphatic rings. The average Bonchev–Trinajstić information content (AvgIpc) is 2.92. The molecule has 2 heterocycles. The first kappa shape index (κ1) is 14.5. The van der Waals surface area contributed by atoms with Gasteiger partial charge in [0.2, 0.25) is 10.0 Å². The summed E-state index contributed by atoms with van der Waals surface area (Å²) in [7, 11) is -3.55. The maximum Gasteiger partial charge on any atom is 0.250 e. The Bertz CT molecular complexity index is 891.